The average molecular weight is 417 g/mol. The predicted molar refractivity (Wildman–Crippen MR) is 116 cm³/mol. The molecule has 5 nitrogen and oxygen atoms in total. The molecule has 0 unspecified atom stereocenters. The minimum Gasteiger partial charge on any atom is -0.497 e. The van der Waals surface area contributed by atoms with Gasteiger partial charge in [0.2, 0.25) is 5.91 Å². The maximum Gasteiger partial charge on any atom is 0.223 e. The molecule has 1 saturated heterocycles. The lowest BCUT2D eigenvalue weighted by Crippen LogP contribution is -2.44. The fraction of sp³-hybridized carbons (Fsp3) is 0.435. The number of methoxy groups -OCH3 is 1. The smallest absolute Gasteiger partial charge is 0.223 e. The summed E-state index contributed by atoms with van der Waals surface area (Å²) in [5.41, 5.74) is 1.17. The molecule has 0 saturated carbocycles. The molecule has 2 aromatic rings. The molecule has 0 aromatic heterocycles. The summed E-state index contributed by atoms with van der Waals surface area (Å²) >= 11 is 6.00. The van der Waals surface area contributed by atoms with E-state index >= 15 is 0 Å². The molecule has 1 atom stereocenters. The van der Waals surface area contributed by atoms with Crippen LogP contribution in [0.5, 0.6) is 11.5 Å². The van der Waals surface area contributed by atoms with E-state index in [-0.39, 0.29) is 11.9 Å². The molecule has 6 heteroatoms. The number of ether oxygens (including phenoxy) is 2. The summed E-state index contributed by atoms with van der Waals surface area (Å²) in [5.74, 6) is 1.52. The highest BCUT2D eigenvalue weighted by Crippen LogP contribution is 2.17. The molecule has 3 rings (SSSR count). The molecule has 1 heterocycles. The number of carbonyl (C=O) groups excluding carboxylic acids is 1. The standard InChI is InChI=1S/C23H29ClN2O3/c1-28-21-8-10-22(11-9-21)29-15-12-23(27)25-20(17-26-13-2-3-14-26)16-18-4-6-19(24)7-5-18/h4-11,20H,2-3,12-17H2,1H3,(H,25,27)/t20-/m0/s1. The van der Waals surface area contributed by atoms with E-state index < -0.39 is 0 Å². The van der Waals surface area contributed by atoms with Crippen LogP contribution in [0.3, 0.4) is 0 Å². The second kappa shape index (κ2) is 11.1. The normalized spacial score (nSPS) is 15.1. The van der Waals surface area contributed by atoms with E-state index in [0.29, 0.717) is 13.0 Å². The van der Waals surface area contributed by atoms with Crippen LogP contribution < -0.4 is 14.8 Å². The zero-order chi connectivity index (χ0) is 20.5. The van der Waals surface area contributed by atoms with Crippen molar-refractivity contribution >= 4 is 17.5 Å². The van der Waals surface area contributed by atoms with E-state index in [1.165, 1.54) is 18.4 Å². The molecule has 1 fully saturated rings. The van der Waals surface area contributed by atoms with Crippen LogP contribution in [0.15, 0.2) is 48.5 Å². The van der Waals surface area contributed by atoms with Crippen LogP contribution in [0, 0.1) is 0 Å². The van der Waals surface area contributed by atoms with E-state index in [4.69, 9.17) is 21.1 Å². The van der Waals surface area contributed by atoms with Crippen LogP contribution in [0.4, 0.5) is 0 Å². The van der Waals surface area contributed by atoms with Gasteiger partial charge in [0.15, 0.2) is 0 Å². The number of likely N-dealkylation sites (tertiary alicyclic amines) is 1. The summed E-state index contributed by atoms with van der Waals surface area (Å²) in [6.45, 7) is 3.42. The predicted octanol–water partition coefficient (Wildman–Crippen LogP) is 3.94. The van der Waals surface area contributed by atoms with E-state index in [1.807, 2.05) is 48.5 Å². The quantitative estimate of drug-likeness (QED) is 0.637. The maximum atomic E-state index is 12.5. The topological polar surface area (TPSA) is 50.8 Å². The molecule has 0 aliphatic carbocycles. The van der Waals surface area contributed by atoms with Crippen molar-refractivity contribution < 1.29 is 14.3 Å². The summed E-state index contributed by atoms with van der Waals surface area (Å²) in [6.07, 6.45) is 3.58. The van der Waals surface area contributed by atoms with Crippen LogP contribution >= 0.6 is 11.6 Å². The first-order valence-electron chi connectivity index (χ1n) is 10.2. The van der Waals surface area contributed by atoms with Crippen LogP contribution in [-0.4, -0.2) is 50.2 Å². The highest BCUT2D eigenvalue weighted by Gasteiger charge is 2.19. The largest absolute Gasteiger partial charge is 0.497 e. The minimum atomic E-state index is 0.0108. The highest BCUT2D eigenvalue weighted by molar-refractivity contribution is 6.30. The lowest BCUT2D eigenvalue weighted by molar-refractivity contribution is -0.122. The van der Waals surface area contributed by atoms with Gasteiger partial charge in [-0.2, -0.15) is 0 Å². The number of nitrogens with zero attached hydrogens (tertiary/aromatic N) is 1. The summed E-state index contributed by atoms with van der Waals surface area (Å²) < 4.78 is 10.8. The Morgan fingerprint density at radius 3 is 2.38 bits per heavy atom. The zero-order valence-electron chi connectivity index (χ0n) is 16.9. The van der Waals surface area contributed by atoms with Gasteiger partial charge >= 0.3 is 0 Å². The first-order chi connectivity index (χ1) is 14.1. The molecular weight excluding hydrogens is 388 g/mol. The molecule has 0 bridgehead atoms. The van der Waals surface area contributed by atoms with Crippen molar-refractivity contribution in [3.05, 3.63) is 59.1 Å². The van der Waals surface area contributed by atoms with Crippen LogP contribution in [0.1, 0.15) is 24.8 Å². The van der Waals surface area contributed by atoms with Gasteiger partial charge in [-0.3, -0.25) is 4.79 Å². The van der Waals surface area contributed by atoms with Gasteiger partial charge in [-0.25, -0.2) is 0 Å². The highest BCUT2D eigenvalue weighted by atomic mass is 35.5. The van der Waals surface area contributed by atoms with Crippen molar-refractivity contribution in [1.82, 2.24) is 10.2 Å². The van der Waals surface area contributed by atoms with E-state index in [2.05, 4.69) is 10.2 Å². The number of hydrogen-bond donors (Lipinski definition) is 1. The van der Waals surface area contributed by atoms with Crippen molar-refractivity contribution in [3.8, 4) is 11.5 Å². The second-order valence-electron chi connectivity index (χ2n) is 7.38. The maximum absolute atomic E-state index is 12.5. The molecule has 1 aliphatic heterocycles. The fourth-order valence-electron chi connectivity index (χ4n) is 3.58. The fourth-order valence-corrected chi connectivity index (χ4v) is 3.70. The zero-order valence-corrected chi connectivity index (χ0v) is 17.7. The molecule has 156 valence electrons. The number of hydrogen-bond acceptors (Lipinski definition) is 4. The minimum absolute atomic E-state index is 0.0108. The van der Waals surface area contributed by atoms with Crippen molar-refractivity contribution in [2.45, 2.75) is 31.7 Å². The molecular formula is C23H29ClN2O3. The van der Waals surface area contributed by atoms with Crippen LogP contribution in [0.25, 0.3) is 0 Å². The summed E-state index contributed by atoms with van der Waals surface area (Å²) in [7, 11) is 1.63. The first kappa shape index (κ1) is 21.5. The van der Waals surface area contributed by atoms with Gasteiger partial charge in [0.1, 0.15) is 11.5 Å². The van der Waals surface area contributed by atoms with E-state index in [1.54, 1.807) is 7.11 Å². The van der Waals surface area contributed by atoms with E-state index in [0.717, 1.165) is 42.6 Å². The van der Waals surface area contributed by atoms with Gasteiger partial charge in [0.05, 0.1) is 20.1 Å². The van der Waals surface area contributed by atoms with Gasteiger partial charge in [-0.15, -0.1) is 0 Å². The number of amides is 1. The number of halogens is 1. The van der Waals surface area contributed by atoms with Crippen LogP contribution in [0.2, 0.25) is 5.02 Å². The Labute approximate surface area is 177 Å². The van der Waals surface area contributed by atoms with Crippen molar-refractivity contribution in [2.75, 3.05) is 33.4 Å². The van der Waals surface area contributed by atoms with Gasteiger partial charge in [0.25, 0.3) is 0 Å². The third-order valence-corrected chi connectivity index (χ3v) is 5.35. The average Bonchev–Trinajstić information content (AvgIpc) is 3.23. The van der Waals surface area contributed by atoms with Crippen molar-refractivity contribution in [1.29, 1.82) is 0 Å². The first-order valence-corrected chi connectivity index (χ1v) is 10.5. The van der Waals surface area contributed by atoms with Gasteiger partial charge < -0.3 is 19.7 Å². The third-order valence-electron chi connectivity index (χ3n) is 5.10. The molecule has 1 amide bonds. The third kappa shape index (κ3) is 7.26. The molecule has 1 N–H and O–H groups in total. The number of nitrogens with one attached hydrogen (secondary N) is 1. The molecule has 2 aromatic carbocycles. The monoisotopic (exact) mass is 416 g/mol. The Bertz CT molecular complexity index is 759. The number of rotatable bonds is 10. The Balaban J connectivity index is 1.49. The summed E-state index contributed by atoms with van der Waals surface area (Å²) in [5, 5.41) is 3.92. The molecule has 1 aliphatic rings. The second-order valence-corrected chi connectivity index (χ2v) is 7.81. The Kier molecular flexibility index (Phi) is 8.20. The number of benzene rings is 2. The van der Waals surface area contributed by atoms with Crippen molar-refractivity contribution in [2.24, 2.45) is 0 Å². The lowest BCUT2D eigenvalue weighted by atomic mass is 10.1. The summed E-state index contributed by atoms with van der Waals surface area (Å²) in [6, 6.07) is 15.3. The Morgan fingerprint density at radius 2 is 1.72 bits per heavy atom. The lowest BCUT2D eigenvalue weighted by Gasteiger charge is -2.25. The summed E-state index contributed by atoms with van der Waals surface area (Å²) in [4.78, 5) is 14.9. The van der Waals surface area contributed by atoms with Crippen molar-refractivity contribution in [3.63, 3.8) is 0 Å². The van der Waals surface area contributed by atoms with Gasteiger partial charge in [-0.05, 0) is 74.3 Å². The Hall–Kier alpha value is -2.24. The van der Waals surface area contributed by atoms with Gasteiger partial charge in [0, 0.05) is 17.6 Å². The molecule has 29 heavy (non-hydrogen) atoms. The van der Waals surface area contributed by atoms with E-state index in [9.17, 15) is 4.79 Å². The van der Waals surface area contributed by atoms with Crippen LogP contribution in [-0.2, 0) is 11.2 Å². The number of carbonyl (C=O) groups is 1. The SMILES string of the molecule is COc1ccc(OCCC(=O)N[C@@H](Cc2ccc(Cl)cc2)CN2CCCC2)cc1. The Morgan fingerprint density at radius 1 is 1.07 bits per heavy atom. The molecule has 0 spiro atoms. The van der Waals surface area contributed by atoms with Gasteiger partial charge in [-0.1, -0.05) is 23.7 Å². The molecule has 0 radical (unpaired) electrons.